The number of nitro benzene ring substituents is 1. The van der Waals surface area contributed by atoms with E-state index in [-0.39, 0.29) is 11.6 Å². The fourth-order valence-electron chi connectivity index (χ4n) is 3.35. The number of thiazole rings is 1. The molecule has 4 aromatic rings. The highest BCUT2D eigenvalue weighted by atomic mass is 32.1. The second-order valence-corrected chi connectivity index (χ2v) is 8.11. The number of non-ortho nitro benzene ring substituents is 1. The van der Waals surface area contributed by atoms with Crippen molar-refractivity contribution in [3.8, 4) is 0 Å². The van der Waals surface area contributed by atoms with Gasteiger partial charge in [0.05, 0.1) is 21.7 Å². The van der Waals surface area contributed by atoms with Crippen LogP contribution in [0.2, 0.25) is 0 Å². The first-order valence-corrected chi connectivity index (χ1v) is 10.2. The van der Waals surface area contributed by atoms with Gasteiger partial charge in [0, 0.05) is 17.7 Å². The standard InChI is InChI=1S/C23H19N3O3S/c1-15-12-16(2)21-20(13-15)30-23(24-21)25(14-17-6-4-3-5-7-17)22(27)18-8-10-19(11-9-18)26(28)29/h3-13H,14H2,1-2H3. The van der Waals surface area contributed by atoms with Crippen molar-refractivity contribution in [2.75, 3.05) is 4.90 Å². The molecule has 1 aromatic heterocycles. The molecule has 1 amide bonds. The van der Waals surface area contributed by atoms with Crippen LogP contribution in [-0.2, 0) is 6.54 Å². The molecular weight excluding hydrogens is 398 g/mol. The number of hydrogen-bond acceptors (Lipinski definition) is 5. The van der Waals surface area contributed by atoms with Crippen LogP contribution < -0.4 is 4.90 Å². The zero-order valence-electron chi connectivity index (χ0n) is 16.5. The van der Waals surface area contributed by atoms with Crippen molar-refractivity contribution in [1.82, 2.24) is 4.98 Å². The smallest absolute Gasteiger partial charge is 0.269 e. The van der Waals surface area contributed by atoms with Gasteiger partial charge in [-0.15, -0.1) is 0 Å². The molecule has 0 fully saturated rings. The number of nitro groups is 1. The summed E-state index contributed by atoms with van der Waals surface area (Å²) < 4.78 is 1.03. The molecule has 0 atom stereocenters. The number of benzene rings is 3. The molecule has 0 aliphatic rings. The maximum atomic E-state index is 13.4. The van der Waals surface area contributed by atoms with Gasteiger partial charge in [-0.3, -0.25) is 19.8 Å². The van der Waals surface area contributed by atoms with Gasteiger partial charge in [-0.2, -0.15) is 0 Å². The van der Waals surface area contributed by atoms with Crippen LogP contribution in [0.1, 0.15) is 27.0 Å². The molecule has 1 heterocycles. The lowest BCUT2D eigenvalue weighted by atomic mass is 10.1. The minimum absolute atomic E-state index is 0.0488. The van der Waals surface area contributed by atoms with E-state index in [1.165, 1.54) is 35.6 Å². The molecule has 0 saturated carbocycles. The summed E-state index contributed by atoms with van der Waals surface area (Å²) in [5.41, 5.74) is 4.40. The first kappa shape index (κ1) is 19.7. The van der Waals surface area contributed by atoms with Crippen LogP contribution in [-0.4, -0.2) is 15.8 Å². The number of hydrogen-bond donors (Lipinski definition) is 0. The average molecular weight is 417 g/mol. The van der Waals surface area contributed by atoms with Gasteiger partial charge in [-0.25, -0.2) is 4.98 Å². The van der Waals surface area contributed by atoms with Gasteiger partial charge >= 0.3 is 0 Å². The Hall–Kier alpha value is -3.58. The summed E-state index contributed by atoms with van der Waals surface area (Å²) in [7, 11) is 0. The molecule has 0 bridgehead atoms. The van der Waals surface area contributed by atoms with Crippen molar-refractivity contribution in [2.45, 2.75) is 20.4 Å². The first-order valence-electron chi connectivity index (χ1n) is 9.40. The minimum atomic E-state index is -0.478. The monoisotopic (exact) mass is 417 g/mol. The van der Waals surface area contributed by atoms with Crippen molar-refractivity contribution >= 4 is 38.3 Å². The van der Waals surface area contributed by atoms with Crippen LogP contribution in [0.5, 0.6) is 0 Å². The Labute approximate surface area is 177 Å². The lowest BCUT2D eigenvalue weighted by Crippen LogP contribution is -2.30. The molecule has 30 heavy (non-hydrogen) atoms. The number of aromatic nitrogens is 1. The molecule has 0 N–H and O–H groups in total. The van der Waals surface area contributed by atoms with Crippen molar-refractivity contribution in [3.63, 3.8) is 0 Å². The molecule has 0 unspecified atom stereocenters. The number of amides is 1. The number of nitrogens with zero attached hydrogens (tertiary/aromatic N) is 3. The van der Waals surface area contributed by atoms with Gasteiger partial charge in [-0.1, -0.05) is 47.7 Å². The van der Waals surface area contributed by atoms with Crippen LogP contribution in [0.3, 0.4) is 0 Å². The summed E-state index contributed by atoms with van der Waals surface area (Å²) >= 11 is 1.47. The zero-order chi connectivity index (χ0) is 21.3. The summed E-state index contributed by atoms with van der Waals surface area (Å²) in [4.78, 5) is 30.2. The van der Waals surface area contributed by atoms with E-state index in [4.69, 9.17) is 4.98 Å². The molecule has 150 valence electrons. The zero-order valence-corrected chi connectivity index (χ0v) is 17.3. The number of carbonyl (C=O) groups excluding carboxylic acids is 1. The number of aryl methyl sites for hydroxylation is 2. The maximum absolute atomic E-state index is 13.4. The molecule has 0 saturated heterocycles. The van der Waals surface area contributed by atoms with Gasteiger partial charge in [0.25, 0.3) is 11.6 Å². The number of rotatable bonds is 5. The first-order chi connectivity index (χ1) is 14.4. The summed E-state index contributed by atoms with van der Waals surface area (Å²) in [6.07, 6.45) is 0. The summed E-state index contributed by atoms with van der Waals surface area (Å²) in [6, 6.07) is 19.5. The normalized spacial score (nSPS) is 10.9. The van der Waals surface area contributed by atoms with E-state index in [9.17, 15) is 14.9 Å². The Morgan fingerprint density at radius 2 is 1.77 bits per heavy atom. The summed E-state index contributed by atoms with van der Waals surface area (Å²) in [5, 5.41) is 11.5. The van der Waals surface area contributed by atoms with E-state index in [2.05, 4.69) is 12.1 Å². The van der Waals surface area contributed by atoms with Gasteiger partial charge in [0.1, 0.15) is 0 Å². The Kier molecular flexibility index (Phi) is 5.29. The van der Waals surface area contributed by atoms with Crippen molar-refractivity contribution in [2.24, 2.45) is 0 Å². The van der Waals surface area contributed by atoms with Crippen LogP contribution >= 0.6 is 11.3 Å². The average Bonchev–Trinajstić information content (AvgIpc) is 3.16. The van der Waals surface area contributed by atoms with Crippen LogP contribution in [0.25, 0.3) is 10.2 Å². The highest BCUT2D eigenvalue weighted by molar-refractivity contribution is 7.22. The Morgan fingerprint density at radius 3 is 2.43 bits per heavy atom. The topological polar surface area (TPSA) is 76.3 Å². The highest BCUT2D eigenvalue weighted by Crippen LogP contribution is 2.33. The lowest BCUT2D eigenvalue weighted by Gasteiger charge is -2.20. The quantitative estimate of drug-likeness (QED) is 0.310. The van der Waals surface area contributed by atoms with E-state index < -0.39 is 4.92 Å². The second kappa shape index (κ2) is 8.04. The number of carbonyl (C=O) groups is 1. The molecule has 3 aromatic carbocycles. The van der Waals surface area contributed by atoms with Gasteiger partial charge < -0.3 is 0 Å². The predicted octanol–water partition coefficient (Wildman–Crippen LogP) is 5.67. The summed E-state index contributed by atoms with van der Waals surface area (Å²) in [6.45, 7) is 4.41. The molecule has 0 aliphatic carbocycles. The van der Waals surface area contributed by atoms with Gasteiger partial charge in [0.15, 0.2) is 5.13 Å². The van der Waals surface area contributed by atoms with Crippen molar-refractivity contribution < 1.29 is 9.72 Å². The third-order valence-electron chi connectivity index (χ3n) is 4.80. The fourth-order valence-corrected chi connectivity index (χ4v) is 4.49. The molecule has 4 rings (SSSR count). The highest BCUT2D eigenvalue weighted by Gasteiger charge is 2.23. The molecular formula is C23H19N3O3S. The van der Waals surface area contributed by atoms with E-state index in [0.717, 1.165) is 26.9 Å². The molecule has 6 nitrogen and oxygen atoms in total. The Balaban J connectivity index is 1.77. The van der Waals surface area contributed by atoms with E-state index >= 15 is 0 Å². The maximum Gasteiger partial charge on any atom is 0.269 e. The molecule has 7 heteroatoms. The molecule has 0 spiro atoms. The SMILES string of the molecule is Cc1cc(C)c2nc(N(Cc3ccccc3)C(=O)c3ccc([N+](=O)[O-])cc3)sc2c1. The largest absolute Gasteiger partial charge is 0.279 e. The number of anilines is 1. The van der Waals surface area contributed by atoms with Crippen molar-refractivity contribution in [1.29, 1.82) is 0 Å². The van der Waals surface area contributed by atoms with Crippen LogP contribution in [0.4, 0.5) is 10.8 Å². The minimum Gasteiger partial charge on any atom is -0.279 e. The van der Waals surface area contributed by atoms with Crippen LogP contribution in [0.15, 0.2) is 66.7 Å². The number of fused-ring (bicyclic) bond motifs is 1. The van der Waals surface area contributed by atoms with Crippen LogP contribution in [0, 0.1) is 24.0 Å². The van der Waals surface area contributed by atoms with Gasteiger partial charge in [-0.05, 0) is 48.7 Å². The molecule has 0 radical (unpaired) electrons. The van der Waals surface area contributed by atoms with E-state index in [0.29, 0.717) is 17.2 Å². The van der Waals surface area contributed by atoms with Gasteiger partial charge in [0.2, 0.25) is 0 Å². The Bertz CT molecular complexity index is 1230. The summed E-state index contributed by atoms with van der Waals surface area (Å²) in [5.74, 6) is -0.248. The Morgan fingerprint density at radius 1 is 1.07 bits per heavy atom. The predicted molar refractivity (Wildman–Crippen MR) is 119 cm³/mol. The van der Waals surface area contributed by atoms with Crippen molar-refractivity contribution in [3.05, 3.63) is 99.1 Å². The lowest BCUT2D eigenvalue weighted by molar-refractivity contribution is -0.384. The third kappa shape index (κ3) is 3.92. The second-order valence-electron chi connectivity index (χ2n) is 7.11. The fraction of sp³-hybridized carbons (Fsp3) is 0.130. The molecule has 0 aliphatic heterocycles. The third-order valence-corrected chi connectivity index (χ3v) is 5.83. The van der Waals surface area contributed by atoms with E-state index in [1.807, 2.05) is 44.2 Å². The van der Waals surface area contributed by atoms with E-state index in [1.54, 1.807) is 4.90 Å².